The van der Waals surface area contributed by atoms with E-state index in [2.05, 4.69) is 36.4 Å². The fourth-order valence-corrected chi connectivity index (χ4v) is 4.62. The maximum absolute atomic E-state index is 12.8. The van der Waals surface area contributed by atoms with E-state index in [0.29, 0.717) is 38.0 Å². The molecule has 2 aromatic rings. The minimum atomic E-state index is -4.82. The van der Waals surface area contributed by atoms with Crippen molar-refractivity contribution in [3.05, 3.63) is 70.8 Å². The molecule has 0 heterocycles. The topological polar surface area (TPSA) is 71.1 Å². The van der Waals surface area contributed by atoms with Crippen molar-refractivity contribution in [1.82, 2.24) is 0 Å². The molecular weight excluding hydrogens is 537 g/mol. The van der Waals surface area contributed by atoms with E-state index < -0.39 is 17.7 Å². The summed E-state index contributed by atoms with van der Waals surface area (Å²) >= 11 is 0. The van der Waals surface area contributed by atoms with Crippen LogP contribution in [0.25, 0.3) is 0 Å². The van der Waals surface area contributed by atoms with Crippen LogP contribution in [0.4, 0.5) is 13.2 Å². The Kier molecular flexibility index (Phi) is 11.8. The predicted molar refractivity (Wildman–Crippen MR) is 149 cm³/mol. The average molecular weight is 577 g/mol. The quantitative estimate of drug-likeness (QED) is 0.107. The number of hydrogen-bond donors (Lipinski definition) is 0. The molecule has 1 saturated carbocycles. The number of esters is 2. The van der Waals surface area contributed by atoms with Crippen LogP contribution in [-0.2, 0) is 32.1 Å². The zero-order valence-electron chi connectivity index (χ0n) is 24.0. The van der Waals surface area contributed by atoms with Crippen LogP contribution >= 0.6 is 0 Å². The van der Waals surface area contributed by atoms with Crippen molar-refractivity contribution in [2.24, 2.45) is 5.92 Å². The lowest BCUT2D eigenvalue weighted by molar-refractivity contribution is -0.153. The van der Waals surface area contributed by atoms with Crippen LogP contribution in [0.3, 0.4) is 0 Å². The Morgan fingerprint density at radius 2 is 1.63 bits per heavy atom. The molecule has 0 bridgehead atoms. The highest BCUT2D eigenvalue weighted by Gasteiger charge is 2.38. The number of aryl methyl sites for hydroxylation is 3. The lowest BCUT2D eigenvalue weighted by Crippen LogP contribution is -2.30. The lowest BCUT2D eigenvalue weighted by atomic mass is 9.87. The number of carbonyl (C=O) groups excluding carboxylic acids is 2. The van der Waals surface area contributed by atoms with E-state index in [1.165, 1.54) is 5.56 Å². The smallest absolute Gasteiger partial charge is 0.422 e. The lowest BCUT2D eigenvalue weighted by Gasteiger charge is -2.27. The normalized spacial score (nSPS) is 17.1. The number of hydrogen-bond acceptors (Lipinski definition) is 6. The van der Waals surface area contributed by atoms with Gasteiger partial charge in [0.2, 0.25) is 0 Å². The third-order valence-corrected chi connectivity index (χ3v) is 7.18. The SMILES string of the molecule is C=C(C(=O)OCCOC1CCC(C(=O)Oc2ccc(COc3cc(CCCC)ccc3C)cc2C)CC1)C(F)(F)F. The predicted octanol–water partition coefficient (Wildman–Crippen LogP) is 7.37. The standard InChI is InChI=1S/C32H39F3O6/c1-5-6-7-24-9-8-21(2)29(19-24)40-20-25-10-15-28(22(3)18-25)41-31(37)26-11-13-27(14-12-26)38-16-17-39-30(36)23(4)32(33,34)35/h8-10,15,18-19,26-27H,4-7,11-14,16-17,20H2,1-3H3. The number of ether oxygens (including phenoxy) is 4. The maximum atomic E-state index is 12.8. The van der Waals surface area contributed by atoms with Gasteiger partial charge in [-0.2, -0.15) is 13.2 Å². The van der Waals surface area contributed by atoms with Crippen molar-refractivity contribution in [1.29, 1.82) is 0 Å². The number of benzene rings is 2. The molecule has 1 aliphatic rings. The fraction of sp³-hybridized carbons (Fsp3) is 0.500. The van der Waals surface area contributed by atoms with E-state index in [-0.39, 0.29) is 31.2 Å². The number of carbonyl (C=O) groups is 2. The molecule has 0 spiro atoms. The van der Waals surface area contributed by atoms with Gasteiger partial charge in [0.15, 0.2) is 0 Å². The Bertz CT molecular complexity index is 1200. The molecule has 1 aliphatic carbocycles. The summed E-state index contributed by atoms with van der Waals surface area (Å²) in [6.07, 6.45) is 0.653. The third kappa shape index (κ3) is 9.92. The molecular formula is C32H39F3O6. The van der Waals surface area contributed by atoms with E-state index >= 15 is 0 Å². The molecule has 0 radical (unpaired) electrons. The second kappa shape index (κ2) is 15.1. The first kappa shape index (κ1) is 32.2. The summed E-state index contributed by atoms with van der Waals surface area (Å²) in [4.78, 5) is 24.1. The first-order valence-electron chi connectivity index (χ1n) is 14.1. The van der Waals surface area contributed by atoms with Gasteiger partial charge in [-0.05, 0) is 92.8 Å². The van der Waals surface area contributed by atoms with Crippen molar-refractivity contribution in [2.75, 3.05) is 13.2 Å². The summed E-state index contributed by atoms with van der Waals surface area (Å²) in [7, 11) is 0. The minimum absolute atomic E-state index is 0.0320. The second-order valence-corrected chi connectivity index (χ2v) is 10.5. The van der Waals surface area contributed by atoms with Crippen LogP contribution in [0.5, 0.6) is 11.5 Å². The molecule has 224 valence electrons. The van der Waals surface area contributed by atoms with Crippen molar-refractivity contribution < 1.29 is 41.7 Å². The molecule has 0 aromatic heterocycles. The molecule has 0 atom stereocenters. The molecule has 0 saturated heterocycles. The van der Waals surface area contributed by atoms with Crippen molar-refractivity contribution in [2.45, 2.75) is 84.6 Å². The monoisotopic (exact) mass is 576 g/mol. The molecule has 0 N–H and O–H groups in total. The van der Waals surface area contributed by atoms with Gasteiger partial charge >= 0.3 is 18.1 Å². The first-order valence-corrected chi connectivity index (χ1v) is 14.1. The van der Waals surface area contributed by atoms with Gasteiger partial charge in [0.1, 0.15) is 30.3 Å². The highest BCUT2D eigenvalue weighted by atomic mass is 19.4. The summed E-state index contributed by atoms with van der Waals surface area (Å²) < 4.78 is 59.3. The van der Waals surface area contributed by atoms with Gasteiger partial charge in [-0.15, -0.1) is 0 Å². The molecule has 2 aromatic carbocycles. The van der Waals surface area contributed by atoms with Gasteiger partial charge in [-0.25, -0.2) is 4.79 Å². The first-order chi connectivity index (χ1) is 19.5. The summed E-state index contributed by atoms with van der Waals surface area (Å²) in [5.41, 5.74) is 2.62. The van der Waals surface area contributed by atoms with E-state index in [1.807, 2.05) is 26.0 Å². The summed E-state index contributed by atoms with van der Waals surface area (Å²) in [5, 5.41) is 0. The maximum Gasteiger partial charge on any atom is 0.422 e. The van der Waals surface area contributed by atoms with Gasteiger partial charge in [-0.3, -0.25) is 4.79 Å². The molecule has 3 rings (SSSR count). The zero-order chi connectivity index (χ0) is 30.0. The Labute approximate surface area is 239 Å². The largest absolute Gasteiger partial charge is 0.489 e. The van der Waals surface area contributed by atoms with E-state index in [0.717, 1.165) is 41.7 Å². The van der Waals surface area contributed by atoms with Crippen LogP contribution < -0.4 is 9.47 Å². The van der Waals surface area contributed by atoms with Crippen LogP contribution in [0, 0.1) is 19.8 Å². The molecule has 41 heavy (non-hydrogen) atoms. The molecule has 0 unspecified atom stereocenters. The van der Waals surface area contributed by atoms with Crippen LogP contribution in [-0.4, -0.2) is 37.4 Å². The molecule has 0 aliphatic heterocycles. The molecule has 9 heteroatoms. The molecule has 1 fully saturated rings. The van der Waals surface area contributed by atoms with E-state index in [1.54, 1.807) is 6.07 Å². The Morgan fingerprint density at radius 1 is 0.927 bits per heavy atom. The van der Waals surface area contributed by atoms with E-state index in [9.17, 15) is 22.8 Å². The van der Waals surface area contributed by atoms with Gasteiger partial charge in [0.05, 0.1) is 18.6 Å². The minimum Gasteiger partial charge on any atom is -0.489 e. The van der Waals surface area contributed by atoms with Gasteiger partial charge in [0, 0.05) is 0 Å². The average Bonchev–Trinajstić information content (AvgIpc) is 2.94. The Hall–Kier alpha value is -3.33. The summed E-state index contributed by atoms with van der Waals surface area (Å²) in [6, 6.07) is 12.0. The van der Waals surface area contributed by atoms with Crippen molar-refractivity contribution in [3.8, 4) is 11.5 Å². The Morgan fingerprint density at radius 3 is 2.29 bits per heavy atom. The Balaban J connectivity index is 1.41. The zero-order valence-corrected chi connectivity index (χ0v) is 24.0. The number of alkyl halides is 3. The second-order valence-electron chi connectivity index (χ2n) is 10.5. The third-order valence-electron chi connectivity index (χ3n) is 7.18. The van der Waals surface area contributed by atoms with Gasteiger partial charge in [-0.1, -0.05) is 38.1 Å². The highest BCUT2D eigenvalue weighted by Crippen LogP contribution is 2.30. The van der Waals surface area contributed by atoms with Gasteiger partial charge in [0.25, 0.3) is 0 Å². The van der Waals surface area contributed by atoms with Crippen molar-refractivity contribution in [3.63, 3.8) is 0 Å². The van der Waals surface area contributed by atoms with Crippen LogP contribution in [0.2, 0.25) is 0 Å². The van der Waals surface area contributed by atoms with Crippen LogP contribution in [0.15, 0.2) is 48.6 Å². The number of unbranched alkanes of at least 4 members (excludes halogenated alkanes) is 1. The van der Waals surface area contributed by atoms with Crippen LogP contribution in [0.1, 0.15) is 67.7 Å². The van der Waals surface area contributed by atoms with Gasteiger partial charge < -0.3 is 18.9 Å². The molecule has 6 nitrogen and oxygen atoms in total. The highest BCUT2D eigenvalue weighted by molar-refractivity contribution is 5.89. The number of halogens is 3. The number of rotatable bonds is 13. The summed E-state index contributed by atoms with van der Waals surface area (Å²) in [5.74, 6) is -0.689. The van der Waals surface area contributed by atoms with Crippen molar-refractivity contribution >= 4 is 11.9 Å². The summed E-state index contributed by atoms with van der Waals surface area (Å²) in [6.45, 7) is 8.88. The fourth-order valence-electron chi connectivity index (χ4n) is 4.62. The molecule has 0 amide bonds. The van der Waals surface area contributed by atoms with E-state index in [4.69, 9.17) is 14.2 Å².